The number of primary amides is 1. The molecular weight excluding hydrogens is 192 g/mol. The van der Waals surface area contributed by atoms with Gasteiger partial charge in [-0.1, -0.05) is 13.0 Å². The Hall–Kier alpha value is -1.42. The number of nitrogens with zero attached hydrogens (tertiary/aromatic N) is 1. The molecule has 15 heavy (non-hydrogen) atoms. The molecule has 4 nitrogen and oxygen atoms in total. The first-order valence-electron chi connectivity index (χ1n) is 5.05. The zero-order chi connectivity index (χ0) is 11.1. The molecule has 2 N–H and O–H groups in total. The summed E-state index contributed by atoms with van der Waals surface area (Å²) in [4.78, 5) is 15.0. The fourth-order valence-electron chi connectivity index (χ4n) is 1.25. The van der Waals surface area contributed by atoms with Gasteiger partial charge in [-0.25, -0.2) is 0 Å². The summed E-state index contributed by atoms with van der Waals surface area (Å²) in [6.07, 6.45) is 2.57. The van der Waals surface area contributed by atoms with E-state index in [4.69, 9.17) is 10.5 Å². The molecular formula is C11H16N2O2. The van der Waals surface area contributed by atoms with E-state index in [1.807, 2.05) is 25.1 Å². The molecule has 0 saturated heterocycles. The quantitative estimate of drug-likeness (QED) is 0.755. The lowest BCUT2D eigenvalue weighted by Crippen LogP contribution is -2.31. The lowest BCUT2D eigenvalue weighted by atomic mass is 10.2. The first-order chi connectivity index (χ1) is 7.24. The van der Waals surface area contributed by atoms with Crippen LogP contribution in [0.1, 0.15) is 19.0 Å². The Morgan fingerprint density at radius 1 is 1.60 bits per heavy atom. The fraction of sp³-hybridized carbons (Fsp3) is 0.455. The molecule has 0 spiro atoms. The standard InChI is InChI=1S/C11H16N2O2/c1-2-10(11(12)14)15-8-6-9-5-3-4-7-13-9/h3-5,7,10H,2,6,8H2,1H3,(H2,12,14). The van der Waals surface area contributed by atoms with E-state index in [0.717, 1.165) is 5.69 Å². The van der Waals surface area contributed by atoms with Crippen LogP contribution in [-0.4, -0.2) is 23.6 Å². The van der Waals surface area contributed by atoms with Gasteiger partial charge in [-0.3, -0.25) is 9.78 Å². The Morgan fingerprint density at radius 3 is 2.93 bits per heavy atom. The van der Waals surface area contributed by atoms with Crippen molar-refractivity contribution in [2.45, 2.75) is 25.9 Å². The summed E-state index contributed by atoms with van der Waals surface area (Å²) in [7, 11) is 0. The minimum Gasteiger partial charge on any atom is -0.368 e. The second kappa shape index (κ2) is 6.14. The van der Waals surface area contributed by atoms with Gasteiger partial charge in [0.25, 0.3) is 0 Å². The molecule has 0 aliphatic heterocycles. The molecule has 0 saturated carbocycles. The van der Waals surface area contributed by atoms with Crippen molar-refractivity contribution >= 4 is 5.91 Å². The van der Waals surface area contributed by atoms with Gasteiger partial charge < -0.3 is 10.5 Å². The van der Waals surface area contributed by atoms with Crippen LogP contribution in [0.5, 0.6) is 0 Å². The summed E-state index contributed by atoms with van der Waals surface area (Å²) in [5.74, 6) is -0.404. The molecule has 0 aliphatic carbocycles. The number of pyridine rings is 1. The molecule has 1 amide bonds. The number of amides is 1. The molecule has 82 valence electrons. The molecule has 0 bridgehead atoms. The average Bonchev–Trinajstić information content (AvgIpc) is 2.25. The third-order valence-electron chi connectivity index (χ3n) is 2.09. The van der Waals surface area contributed by atoms with Crippen LogP contribution in [0.3, 0.4) is 0 Å². The van der Waals surface area contributed by atoms with E-state index < -0.39 is 12.0 Å². The molecule has 1 aromatic heterocycles. The minimum absolute atomic E-state index is 0.404. The molecule has 1 rings (SSSR count). The smallest absolute Gasteiger partial charge is 0.246 e. The summed E-state index contributed by atoms with van der Waals surface area (Å²) in [5, 5.41) is 0. The summed E-state index contributed by atoms with van der Waals surface area (Å²) < 4.78 is 5.34. The summed E-state index contributed by atoms with van der Waals surface area (Å²) in [5.41, 5.74) is 6.10. The minimum atomic E-state index is -0.478. The molecule has 0 aliphatic rings. The first-order valence-corrected chi connectivity index (χ1v) is 5.05. The number of aromatic nitrogens is 1. The number of ether oxygens (including phenoxy) is 1. The van der Waals surface area contributed by atoms with E-state index in [0.29, 0.717) is 19.4 Å². The molecule has 4 heteroatoms. The predicted octanol–water partition coefficient (Wildman–Crippen LogP) is 0.905. The number of rotatable bonds is 6. The van der Waals surface area contributed by atoms with E-state index in [1.54, 1.807) is 6.20 Å². The highest BCUT2D eigenvalue weighted by Gasteiger charge is 2.12. The van der Waals surface area contributed by atoms with Crippen LogP contribution in [0.4, 0.5) is 0 Å². The van der Waals surface area contributed by atoms with Crippen molar-refractivity contribution in [3.8, 4) is 0 Å². The van der Waals surface area contributed by atoms with Crippen molar-refractivity contribution in [2.75, 3.05) is 6.61 Å². The van der Waals surface area contributed by atoms with Crippen LogP contribution in [-0.2, 0) is 16.0 Å². The average molecular weight is 208 g/mol. The maximum Gasteiger partial charge on any atom is 0.246 e. The Morgan fingerprint density at radius 2 is 2.40 bits per heavy atom. The molecule has 1 atom stereocenters. The van der Waals surface area contributed by atoms with Gasteiger partial charge in [-0.05, 0) is 18.6 Å². The van der Waals surface area contributed by atoms with Crippen molar-refractivity contribution in [2.24, 2.45) is 5.73 Å². The van der Waals surface area contributed by atoms with Gasteiger partial charge in [0.05, 0.1) is 6.61 Å². The van der Waals surface area contributed by atoms with Gasteiger partial charge >= 0.3 is 0 Å². The molecule has 1 aromatic rings. The largest absolute Gasteiger partial charge is 0.368 e. The van der Waals surface area contributed by atoms with Crippen molar-refractivity contribution in [1.82, 2.24) is 4.98 Å². The summed E-state index contributed by atoms with van der Waals surface area (Å²) in [6, 6.07) is 5.71. The highest BCUT2D eigenvalue weighted by atomic mass is 16.5. The predicted molar refractivity (Wildman–Crippen MR) is 57.2 cm³/mol. The second-order valence-electron chi connectivity index (χ2n) is 3.24. The summed E-state index contributed by atoms with van der Waals surface area (Å²) in [6.45, 7) is 2.34. The van der Waals surface area contributed by atoms with Crippen LogP contribution >= 0.6 is 0 Å². The van der Waals surface area contributed by atoms with Crippen molar-refractivity contribution < 1.29 is 9.53 Å². The van der Waals surface area contributed by atoms with Crippen LogP contribution < -0.4 is 5.73 Å². The normalized spacial score (nSPS) is 12.3. The third-order valence-corrected chi connectivity index (χ3v) is 2.09. The SMILES string of the molecule is CCC(OCCc1ccccn1)C(N)=O. The van der Waals surface area contributed by atoms with Crippen LogP contribution in [0.25, 0.3) is 0 Å². The number of hydrogen-bond donors (Lipinski definition) is 1. The number of hydrogen-bond acceptors (Lipinski definition) is 3. The Kier molecular flexibility index (Phi) is 4.77. The van der Waals surface area contributed by atoms with E-state index >= 15 is 0 Å². The number of carbonyl (C=O) groups is 1. The van der Waals surface area contributed by atoms with Crippen LogP contribution in [0.15, 0.2) is 24.4 Å². The van der Waals surface area contributed by atoms with E-state index in [2.05, 4.69) is 4.98 Å². The molecule has 1 heterocycles. The lowest BCUT2D eigenvalue weighted by molar-refractivity contribution is -0.129. The zero-order valence-corrected chi connectivity index (χ0v) is 8.85. The molecule has 0 fully saturated rings. The van der Waals surface area contributed by atoms with Crippen LogP contribution in [0, 0.1) is 0 Å². The van der Waals surface area contributed by atoms with Gasteiger partial charge in [0.2, 0.25) is 5.91 Å². The molecule has 0 radical (unpaired) electrons. The van der Waals surface area contributed by atoms with Gasteiger partial charge in [0, 0.05) is 18.3 Å². The Bertz CT molecular complexity index is 301. The Labute approximate surface area is 89.5 Å². The third kappa shape index (κ3) is 4.08. The van der Waals surface area contributed by atoms with Crippen molar-refractivity contribution in [3.63, 3.8) is 0 Å². The second-order valence-corrected chi connectivity index (χ2v) is 3.24. The van der Waals surface area contributed by atoms with Crippen molar-refractivity contribution in [1.29, 1.82) is 0 Å². The van der Waals surface area contributed by atoms with Gasteiger partial charge in [-0.2, -0.15) is 0 Å². The van der Waals surface area contributed by atoms with Gasteiger partial charge in [0.15, 0.2) is 0 Å². The Balaban J connectivity index is 2.30. The van der Waals surface area contributed by atoms with Crippen LogP contribution in [0.2, 0.25) is 0 Å². The van der Waals surface area contributed by atoms with E-state index in [9.17, 15) is 4.79 Å². The number of nitrogens with two attached hydrogens (primary N) is 1. The van der Waals surface area contributed by atoms with E-state index in [1.165, 1.54) is 0 Å². The fourth-order valence-corrected chi connectivity index (χ4v) is 1.25. The molecule has 1 unspecified atom stereocenters. The summed E-state index contributed by atoms with van der Waals surface area (Å²) >= 11 is 0. The highest BCUT2D eigenvalue weighted by Crippen LogP contribution is 2.00. The van der Waals surface area contributed by atoms with Gasteiger partial charge in [-0.15, -0.1) is 0 Å². The van der Waals surface area contributed by atoms with Crippen molar-refractivity contribution in [3.05, 3.63) is 30.1 Å². The molecule has 0 aromatic carbocycles. The zero-order valence-electron chi connectivity index (χ0n) is 8.85. The maximum atomic E-state index is 10.9. The number of carbonyl (C=O) groups excluding carboxylic acids is 1. The van der Waals surface area contributed by atoms with E-state index in [-0.39, 0.29) is 0 Å². The maximum absolute atomic E-state index is 10.9. The van der Waals surface area contributed by atoms with Gasteiger partial charge in [0.1, 0.15) is 6.10 Å². The topological polar surface area (TPSA) is 65.2 Å². The first kappa shape index (κ1) is 11.7. The monoisotopic (exact) mass is 208 g/mol. The lowest BCUT2D eigenvalue weighted by Gasteiger charge is -2.11. The highest BCUT2D eigenvalue weighted by molar-refractivity contribution is 5.78.